The Labute approximate surface area is 95.7 Å². The van der Waals surface area contributed by atoms with Gasteiger partial charge in [-0.3, -0.25) is 0 Å². The van der Waals surface area contributed by atoms with E-state index in [0.717, 1.165) is 12.8 Å². The zero-order valence-corrected chi connectivity index (χ0v) is 10.0. The van der Waals surface area contributed by atoms with Crippen molar-refractivity contribution < 1.29 is 14.3 Å². The number of nitrogens with one attached hydrogen (secondary N) is 1. The summed E-state index contributed by atoms with van der Waals surface area (Å²) in [7, 11) is 0. The first kappa shape index (κ1) is 12.8. The van der Waals surface area contributed by atoms with Crippen molar-refractivity contribution >= 4 is 5.97 Å². The fourth-order valence-corrected chi connectivity index (χ4v) is 1.71. The number of carboxylic acid groups (broad SMARTS) is 1. The van der Waals surface area contributed by atoms with Crippen LogP contribution < -0.4 is 5.32 Å². The summed E-state index contributed by atoms with van der Waals surface area (Å²) in [6.07, 6.45) is 3.55. The van der Waals surface area contributed by atoms with Gasteiger partial charge in [0.1, 0.15) is 0 Å². The molecule has 0 fully saturated rings. The second-order valence-corrected chi connectivity index (χ2v) is 4.57. The molecule has 0 unspecified atom stereocenters. The molecule has 0 aliphatic heterocycles. The van der Waals surface area contributed by atoms with Crippen LogP contribution in [0.2, 0.25) is 0 Å². The smallest absolute Gasteiger partial charge is 0.372 e. The molecular weight excluding hydrogens is 206 g/mol. The predicted octanol–water partition coefficient (Wildman–Crippen LogP) is 2.65. The van der Waals surface area contributed by atoms with Crippen molar-refractivity contribution in [2.45, 2.75) is 45.7 Å². The van der Waals surface area contributed by atoms with Gasteiger partial charge >= 0.3 is 5.97 Å². The van der Waals surface area contributed by atoms with Gasteiger partial charge in [0.25, 0.3) is 0 Å². The van der Waals surface area contributed by atoms with E-state index in [9.17, 15) is 4.79 Å². The molecular formula is C12H19NO3. The second-order valence-electron chi connectivity index (χ2n) is 4.57. The molecule has 0 spiro atoms. The van der Waals surface area contributed by atoms with Crippen LogP contribution in [-0.2, 0) is 6.54 Å². The van der Waals surface area contributed by atoms with Crippen LogP contribution in [0.3, 0.4) is 0 Å². The molecule has 0 atom stereocenters. The van der Waals surface area contributed by atoms with Gasteiger partial charge in [0.2, 0.25) is 5.76 Å². The highest BCUT2D eigenvalue weighted by Gasteiger charge is 2.19. The van der Waals surface area contributed by atoms with Gasteiger partial charge < -0.3 is 14.8 Å². The summed E-state index contributed by atoms with van der Waals surface area (Å²) in [5, 5.41) is 12.2. The first-order valence-corrected chi connectivity index (χ1v) is 5.51. The van der Waals surface area contributed by atoms with Gasteiger partial charge in [-0.25, -0.2) is 4.79 Å². The number of carbonyl (C=O) groups is 1. The largest absolute Gasteiger partial charge is 0.475 e. The average molecular weight is 225 g/mol. The molecule has 0 aliphatic rings. The lowest BCUT2D eigenvalue weighted by Crippen LogP contribution is -2.38. The summed E-state index contributed by atoms with van der Waals surface area (Å²) in [6.45, 7) is 6.86. The summed E-state index contributed by atoms with van der Waals surface area (Å²) >= 11 is 0. The van der Waals surface area contributed by atoms with Crippen LogP contribution in [-0.4, -0.2) is 16.6 Å². The molecule has 90 valence electrons. The third-order valence-corrected chi connectivity index (χ3v) is 2.57. The zero-order chi connectivity index (χ0) is 12.2. The minimum absolute atomic E-state index is 0.0157. The SMILES string of the molecule is CCCC(C)(C)NCc1ccoc1C(=O)O. The molecule has 2 N–H and O–H groups in total. The summed E-state index contributed by atoms with van der Waals surface area (Å²) in [6, 6.07) is 1.69. The second kappa shape index (κ2) is 5.16. The van der Waals surface area contributed by atoms with E-state index in [-0.39, 0.29) is 11.3 Å². The Morgan fingerprint density at radius 2 is 2.25 bits per heavy atom. The Kier molecular flexibility index (Phi) is 4.12. The van der Waals surface area contributed by atoms with Crippen LogP contribution in [0.5, 0.6) is 0 Å². The fraction of sp³-hybridized carbons (Fsp3) is 0.583. The van der Waals surface area contributed by atoms with E-state index >= 15 is 0 Å². The Hall–Kier alpha value is -1.29. The Bertz CT molecular complexity index is 355. The van der Waals surface area contributed by atoms with Gasteiger partial charge in [-0.1, -0.05) is 13.3 Å². The minimum Gasteiger partial charge on any atom is -0.475 e. The topological polar surface area (TPSA) is 62.5 Å². The third kappa shape index (κ3) is 3.38. The zero-order valence-electron chi connectivity index (χ0n) is 10.0. The molecule has 16 heavy (non-hydrogen) atoms. The lowest BCUT2D eigenvalue weighted by Gasteiger charge is -2.25. The summed E-state index contributed by atoms with van der Waals surface area (Å²) in [4.78, 5) is 10.8. The van der Waals surface area contributed by atoms with E-state index in [0.29, 0.717) is 12.1 Å². The van der Waals surface area contributed by atoms with Crippen molar-refractivity contribution in [2.24, 2.45) is 0 Å². The van der Waals surface area contributed by atoms with Gasteiger partial charge in [-0.15, -0.1) is 0 Å². The first-order chi connectivity index (χ1) is 7.46. The predicted molar refractivity (Wildman–Crippen MR) is 61.5 cm³/mol. The molecule has 1 aromatic rings. The number of rotatable bonds is 6. The molecule has 4 heteroatoms. The van der Waals surface area contributed by atoms with E-state index in [4.69, 9.17) is 9.52 Å². The van der Waals surface area contributed by atoms with Crippen LogP contribution in [0.1, 0.15) is 49.7 Å². The van der Waals surface area contributed by atoms with Crippen molar-refractivity contribution in [3.05, 3.63) is 23.7 Å². The molecule has 0 saturated carbocycles. The van der Waals surface area contributed by atoms with Crippen molar-refractivity contribution in [2.75, 3.05) is 0 Å². The van der Waals surface area contributed by atoms with E-state index < -0.39 is 5.97 Å². The summed E-state index contributed by atoms with van der Waals surface area (Å²) < 4.78 is 4.91. The number of hydrogen-bond donors (Lipinski definition) is 2. The highest BCUT2D eigenvalue weighted by atomic mass is 16.4. The van der Waals surface area contributed by atoms with Crippen LogP contribution in [0.25, 0.3) is 0 Å². The van der Waals surface area contributed by atoms with E-state index in [2.05, 4.69) is 26.1 Å². The van der Waals surface area contributed by atoms with Gasteiger partial charge in [0.15, 0.2) is 0 Å². The summed E-state index contributed by atoms with van der Waals surface area (Å²) in [5.41, 5.74) is 0.707. The van der Waals surface area contributed by atoms with Gasteiger partial charge in [-0.2, -0.15) is 0 Å². The maximum atomic E-state index is 10.8. The molecule has 0 bridgehead atoms. The average Bonchev–Trinajstić information content (AvgIpc) is 2.62. The number of carboxylic acids is 1. The van der Waals surface area contributed by atoms with Crippen molar-refractivity contribution in [3.8, 4) is 0 Å². The number of hydrogen-bond acceptors (Lipinski definition) is 3. The monoisotopic (exact) mass is 225 g/mol. The van der Waals surface area contributed by atoms with Crippen molar-refractivity contribution in [3.63, 3.8) is 0 Å². The number of aromatic carboxylic acids is 1. The molecule has 0 saturated heterocycles. The molecule has 1 rings (SSSR count). The van der Waals surface area contributed by atoms with E-state index in [1.165, 1.54) is 6.26 Å². The van der Waals surface area contributed by atoms with Crippen LogP contribution in [0, 0.1) is 0 Å². The van der Waals surface area contributed by atoms with E-state index in [1.807, 2.05) is 0 Å². The highest BCUT2D eigenvalue weighted by molar-refractivity contribution is 5.86. The normalized spacial score (nSPS) is 11.7. The maximum absolute atomic E-state index is 10.8. The molecule has 4 nitrogen and oxygen atoms in total. The molecule has 0 aliphatic carbocycles. The first-order valence-electron chi connectivity index (χ1n) is 5.51. The molecule has 1 aromatic heterocycles. The molecule has 0 aromatic carbocycles. The lowest BCUT2D eigenvalue weighted by molar-refractivity contribution is 0.0660. The van der Waals surface area contributed by atoms with Crippen LogP contribution in [0.15, 0.2) is 16.7 Å². The van der Waals surface area contributed by atoms with E-state index in [1.54, 1.807) is 6.07 Å². The van der Waals surface area contributed by atoms with Crippen molar-refractivity contribution in [1.29, 1.82) is 0 Å². The maximum Gasteiger partial charge on any atom is 0.372 e. The van der Waals surface area contributed by atoms with Gasteiger partial charge in [-0.05, 0) is 26.3 Å². The molecule has 1 heterocycles. The number of furan rings is 1. The lowest BCUT2D eigenvalue weighted by atomic mass is 9.98. The van der Waals surface area contributed by atoms with Crippen molar-refractivity contribution in [1.82, 2.24) is 5.32 Å². The molecule has 0 amide bonds. The Morgan fingerprint density at radius 1 is 1.56 bits per heavy atom. The minimum atomic E-state index is -1.02. The Balaban J connectivity index is 2.61. The fourth-order valence-electron chi connectivity index (χ4n) is 1.71. The molecule has 0 radical (unpaired) electrons. The summed E-state index contributed by atoms with van der Waals surface area (Å²) in [5.74, 6) is -0.991. The van der Waals surface area contributed by atoms with Gasteiger partial charge in [0.05, 0.1) is 6.26 Å². The quantitative estimate of drug-likeness (QED) is 0.781. The highest BCUT2D eigenvalue weighted by Crippen LogP contribution is 2.15. The van der Waals surface area contributed by atoms with Gasteiger partial charge in [0, 0.05) is 17.6 Å². The van der Waals surface area contributed by atoms with Crippen LogP contribution in [0.4, 0.5) is 0 Å². The standard InChI is InChI=1S/C12H19NO3/c1-4-6-12(2,3)13-8-9-5-7-16-10(9)11(14)15/h5,7,13H,4,6,8H2,1-3H3,(H,14,15). The van der Waals surface area contributed by atoms with Crippen LogP contribution >= 0.6 is 0 Å². The third-order valence-electron chi connectivity index (χ3n) is 2.57. The Morgan fingerprint density at radius 3 is 2.81 bits per heavy atom.